The number of ketones is 1. The summed E-state index contributed by atoms with van der Waals surface area (Å²) in [5, 5.41) is 8.58. The number of aromatic nitrogens is 1. The van der Waals surface area contributed by atoms with E-state index < -0.39 is 0 Å². The summed E-state index contributed by atoms with van der Waals surface area (Å²) in [6.45, 7) is 9.34. The van der Waals surface area contributed by atoms with E-state index in [-0.39, 0.29) is 34.7 Å². The van der Waals surface area contributed by atoms with Crippen molar-refractivity contribution in [3.63, 3.8) is 0 Å². The molecule has 1 aromatic heterocycles. The smallest absolute Gasteiger partial charge is 0.182 e. The number of fused-ring (bicyclic) bond motifs is 1. The van der Waals surface area contributed by atoms with E-state index in [9.17, 15) is 4.79 Å². The highest BCUT2D eigenvalue weighted by atomic mass is 79.9. The van der Waals surface area contributed by atoms with Crippen LogP contribution in [0.15, 0.2) is 24.3 Å². The van der Waals surface area contributed by atoms with Crippen LogP contribution in [0.3, 0.4) is 0 Å². The van der Waals surface area contributed by atoms with Crippen molar-refractivity contribution >= 4 is 28.6 Å². The quantitative estimate of drug-likeness (QED) is 0.523. The van der Waals surface area contributed by atoms with Gasteiger partial charge in [-0.2, -0.15) is 0 Å². The van der Waals surface area contributed by atoms with Crippen molar-refractivity contribution in [2.75, 3.05) is 20.3 Å². The fourth-order valence-corrected chi connectivity index (χ4v) is 4.07. The first-order valence-electron chi connectivity index (χ1n) is 10.9. The van der Waals surface area contributed by atoms with Crippen LogP contribution < -0.4 is 9.47 Å². The lowest BCUT2D eigenvalue weighted by Crippen LogP contribution is -2.30. The summed E-state index contributed by atoms with van der Waals surface area (Å²) in [5.74, 6) is 2.08. The number of amidine groups is 1. The molecule has 0 saturated heterocycles. The van der Waals surface area contributed by atoms with Crippen molar-refractivity contribution in [1.29, 1.82) is 5.41 Å². The first kappa shape index (κ1) is 24.2. The summed E-state index contributed by atoms with van der Waals surface area (Å²) in [4.78, 5) is 19.8. The number of nitrogens with one attached hydrogen (secondary N) is 1. The minimum absolute atomic E-state index is 0. The van der Waals surface area contributed by atoms with Gasteiger partial charge in [-0.3, -0.25) is 10.2 Å². The van der Waals surface area contributed by atoms with Crippen LogP contribution in [-0.2, 0) is 12.0 Å². The Morgan fingerprint density at radius 2 is 1.97 bits per heavy atom. The van der Waals surface area contributed by atoms with Crippen LogP contribution in [0.1, 0.15) is 79.3 Å². The number of carbonyl (C=O) groups excluding carboxylic acids is 1. The second-order valence-electron chi connectivity index (χ2n) is 9.38. The van der Waals surface area contributed by atoms with Gasteiger partial charge >= 0.3 is 0 Å². The number of Topliss-reactive ketones (excluding diaryl/α,β-unsaturated/α-hetero) is 1. The Labute approximate surface area is 200 Å². The van der Waals surface area contributed by atoms with E-state index in [2.05, 4.69) is 32.9 Å². The third-order valence-corrected chi connectivity index (χ3v) is 5.92. The average Bonchev–Trinajstić information content (AvgIpc) is 3.53. The summed E-state index contributed by atoms with van der Waals surface area (Å²) < 4.78 is 11.4. The van der Waals surface area contributed by atoms with Crippen LogP contribution in [0, 0.1) is 5.41 Å². The number of halogens is 1. The Kier molecular flexibility index (Phi) is 6.98. The van der Waals surface area contributed by atoms with Crippen LogP contribution in [0.25, 0.3) is 0 Å². The molecule has 0 spiro atoms. The summed E-state index contributed by atoms with van der Waals surface area (Å²) in [5.41, 5.74) is 4.10. The van der Waals surface area contributed by atoms with Crippen LogP contribution in [-0.4, -0.2) is 41.8 Å². The largest absolute Gasteiger partial charge is 0.493 e. The number of pyridine rings is 1. The molecule has 2 heterocycles. The summed E-state index contributed by atoms with van der Waals surface area (Å²) >= 11 is 0. The Morgan fingerprint density at radius 1 is 1.25 bits per heavy atom. The molecule has 1 saturated carbocycles. The molecule has 172 valence electrons. The van der Waals surface area contributed by atoms with Gasteiger partial charge in [0.15, 0.2) is 17.3 Å². The lowest BCUT2D eigenvalue weighted by molar-refractivity contribution is 0.0962. The van der Waals surface area contributed by atoms with Gasteiger partial charge in [0.25, 0.3) is 0 Å². The number of ether oxygens (including phenoxy) is 2. The van der Waals surface area contributed by atoms with Crippen LogP contribution in [0.5, 0.6) is 11.5 Å². The molecule has 7 heteroatoms. The molecule has 1 aliphatic heterocycles. The zero-order valence-electron chi connectivity index (χ0n) is 19.4. The maximum Gasteiger partial charge on any atom is 0.182 e. The number of carbonyl (C=O) groups is 1. The molecular weight excluding hydrogens is 470 g/mol. The van der Waals surface area contributed by atoms with Gasteiger partial charge in [-0.05, 0) is 43.4 Å². The summed E-state index contributed by atoms with van der Waals surface area (Å²) in [6.07, 6.45) is 2.36. The maximum absolute atomic E-state index is 13.3. The van der Waals surface area contributed by atoms with Crippen LogP contribution in [0.2, 0.25) is 0 Å². The molecule has 1 aliphatic carbocycles. The van der Waals surface area contributed by atoms with E-state index in [4.69, 9.17) is 19.9 Å². The van der Waals surface area contributed by atoms with E-state index >= 15 is 0 Å². The van der Waals surface area contributed by atoms with E-state index in [1.807, 2.05) is 13.0 Å². The second-order valence-corrected chi connectivity index (χ2v) is 9.38. The van der Waals surface area contributed by atoms with Gasteiger partial charge in [0, 0.05) is 34.8 Å². The summed E-state index contributed by atoms with van der Waals surface area (Å²) in [6, 6.07) is 7.80. The topological polar surface area (TPSA) is 75.5 Å². The van der Waals surface area contributed by atoms with Crippen LogP contribution in [0.4, 0.5) is 0 Å². The molecular formula is C25H32BrN3O3. The number of hydrogen-bond donors (Lipinski definition) is 1. The number of rotatable bonds is 7. The molecule has 4 rings (SSSR count). The lowest BCUT2D eigenvalue weighted by atomic mass is 9.84. The molecule has 6 nitrogen and oxygen atoms in total. The van der Waals surface area contributed by atoms with Crippen molar-refractivity contribution in [2.24, 2.45) is 0 Å². The van der Waals surface area contributed by atoms with E-state index in [1.54, 1.807) is 18.1 Å². The third kappa shape index (κ3) is 4.68. The Morgan fingerprint density at radius 3 is 2.56 bits per heavy atom. The molecule has 0 amide bonds. The Hall–Kier alpha value is -2.41. The molecule has 0 atom stereocenters. The molecule has 1 aromatic carbocycles. The first-order chi connectivity index (χ1) is 14.7. The standard InChI is InChI=1S/C25H31N3O3.BrH/c1-6-31-21-12-17(11-18(23(21)30-5)25(2,3)4)20(29)14-28-13-16-9-10-19(15-7-8-15)27-22(16)24(28)26;/h9-12,15,26H,6-8,13-14H2,1-5H3;1H. The van der Waals surface area contributed by atoms with Crippen molar-refractivity contribution < 1.29 is 14.3 Å². The highest BCUT2D eigenvalue weighted by Crippen LogP contribution is 2.41. The summed E-state index contributed by atoms with van der Waals surface area (Å²) in [7, 11) is 1.63. The Bertz CT molecular complexity index is 1040. The number of hydrogen-bond acceptors (Lipinski definition) is 5. The minimum atomic E-state index is -0.215. The number of nitrogens with zero attached hydrogens (tertiary/aromatic N) is 2. The first-order valence-corrected chi connectivity index (χ1v) is 10.9. The predicted octanol–water partition coefficient (Wildman–Crippen LogP) is 5.27. The van der Waals surface area contributed by atoms with Crippen molar-refractivity contribution in [2.45, 2.75) is 58.4 Å². The molecule has 32 heavy (non-hydrogen) atoms. The number of benzene rings is 1. The lowest BCUT2D eigenvalue weighted by Gasteiger charge is -2.25. The zero-order valence-corrected chi connectivity index (χ0v) is 21.2. The molecule has 0 bridgehead atoms. The molecule has 2 aromatic rings. The fourth-order valence-electron chi connectivity index (χ4n) is 4.07. The van der Waals surface area contributed by atoms with Crippen molar-refractivity contribution in [1.82, 2.24) is 9.88 Å². The molecule has 0 radical (unpaired) electrons. The number of methoxy groups -OCH3 is 1. The monoisotopic (exact) mass is 501 g/mol. The zero-order chi connectivity index (χ0) is 22.3. The van der Waals surface area contributed by atoms with Crippen molar-refractivity contribution in [3.05, 3.63) is 52.3 Å². The minimum Gasteiger partial charge on any atom is -0.493 e. The van der Waals surface area contributed by atoms with Crippen LogP contribution >= 0.6 is 17.0 Å². The maximum atomic E-state index is 13.3. The highest BCUT2D eigenvalue weighted by molar-refractivity contribution is 8.93. The Balaban J connectivity index is 0.00000289. The third-order valence-electron chi connectivity index (χ3n) is 5.92. The predicted molar refractivity (Wildman–Crippen MR) is 131 cm³/mol. The molecule has 1 N–H and O–H groups in total. The second kappa shape index (κ2) is 9.22. The van der Waals surface area contributed by atoms with Gasteiger partial charge in [0.1, 0.15) is 11.5 Å². The molecule has 2 aliphatic rings. The van der Waals surface area contributed by atoms with Gasteiger partial charge in [-0.25, -0.2) is 4.98 Å². The van der Waals surface area contributed by atoms with E-state index in [0.29, 0.717) is 42.0 Å². The molecule has 0 unspecified atom stereocenters. The highest BCUT2D eigenvalue weighted by Gasteiger charge is 2.32. The molecule has 1 fully saturated rings. The van der Waals surface area contributed by atoms with Gasteiger partial charge in [-0.15, -0.1) is 17.0 Å². The average molecular weight is 502 g/mol. The van der Waals surface area contributed by atoms with E-state index in [1.165, 1.54) is 12.8 Å². The van der Waals surface area contributed by atoms with Gasteiger partial charge in [0.2, 0.25) is 0 Å². The van der Waals surface area contributed by atoms with Gasteiger partial charge in [0.05, 0.1) is 20.3 Å². The SMILES string of the molecule is Br.CCOc1cc(C(=O)CN2Cc3ccc(C4CC4)nc3C2=N)cc(C(C)(C)C)c1OC. The van der Waals surface area contributed by atoms with Crippen molar-refractivity contribution in [3.8, 4) is 11.5 Å². The van der Waals surface area contributed by atoms with Gasteiger partial charge < -0.3 is 14.4 Å². The normalized spacial score (nSPS) is 15.3. The van der Waals surface area contributed by atoms with Gasteiger partial charge in [-0.1, -0.05) is 26.8 Å². The fraction of sp³-hybridized carbons (Fsp3) is 0.480. The van der Waals surface area contributed by atoms with E-state index in [0.717, 1.165) is 22.5 Å².